The Kier molecular flexibility index (Phi) is 8.15. The van der Waals surface area contributed by atoms with Gasteiger partial charge in [-0.1, -0.05) is 44.2 Å². The molecular formula is C17H25N3O. The number of benzene rings is 1. The predicted octanol–water partition coefficient (Wildman–Crippen LogP) is 2.22. The van der Waals surface area contributed by atoms with Gasteiger partial charge in [-0.15, -0.1) is 0 Å². The zero-order chi connectivity index (χ0) is 15.5. The number of hydrogen-bond acceptors (Lipinski definition) is 3. The zero-order valence-electron chi connectivity index (χ0n) is 13.0. The first-order chi connectivity index (χ1) is 10.2. The molecule has 0 spiro atoms. The van der Waals surface area contributed by atoms with E-state index in [1.54, 1.807) is 0 Å². The molecule has 1 aromatic rings. The van der Waals surface area contributed by atoms with Gasteiger partial charge >= 0.3 is 0 Å². The summed E-state index contributed by atoms with van der Waals surface area (Å²) < 4.78 is 0. The molecule has 1 aromatic carbocycles. The fourth-order valence-corrected chi connectivity index (χ4v) is 2.22. The van der Waals surface area contributed by atoms with Gasteiger partial charge in [0, 0.05) is 6.54 Å². The van der Waals surface area contributed by atoms with Crippen LogP contribution in [0.15, 0.2) is 30.3 Å². The van der Waals surface area contributed by atoms with Crippen LogP contribution in [0.3, 0.4) is 0 Å². The normalized spacial score (nSPS) is 11.9. The summed E-state index contributed by atoms with van der Waals surface area (Å²) in [6, 6.07) is 11.8. The summed E-state index contributed by atoms with van der Waals surface area (Å²) in [7, 11) is 0. The van der Waals surface area contributed by atoms with Crippen LogP contribution in [-0.4, -0.2) is 37.0 Å². The molecule has 0 radical (unpaired) electrons. The summed E-state index contributed by atoms with van der Waals surface area (Å²) in [5, 5.41) is 12.0. The summed E-state index contributed by atoms with van der Waals surface area (Å²) >= 11 is 0. The molecule has 114 valence electrons. The van der Waals surface area contributed by atoms with Crippen molar-refractivity contribution in [1.29, 1.82) is 5.26 Å². The van der Waals surface area contributed by atoms with Gasteiger partial charge < -0.3 is 10.2 Å². The number of nitrogens with zero attached hydrogens (tertiary/aromatic N) is 2. The van der Waals surface area contributed by atoms with E-state index in [2.05, 4.69) is 30.1 Å². The van der Waals surface area contributed by atoms with Crippen LogP contribution >= 0.6 is 0 Å². The van der Waals surface area contributed by atoms with Gasteiger partial charge in [0.05, 0.1) is 6.07 Å². The molecule has 0 saturated heterocycles. The van der Waals surface area contributed by atoms with Crippen molar-refractivity contribution >= 4 is 5.91 Å². The molecule has 1 rings (SSSR count). The van der Waals surface area contributed by atoms with Crippen molar-refractivity contribution < 1.29 is 4.79 Å². The Hall–Kier alpha value is -1.86. The molecule has 0 aliphatic heterocycles. The van der Waals surface area contributed by atoms with E-state index in [0.29, 0.717) is 13.0 Å². The van der Waals surface area contributed by atoms with E-state index in [4.69, 9.17) is 5.26 Å². The van der Waals surface area contributed by atoms with Crippen LogP contribution in [0, 0.1) is 17.2 Å². The molecule has 1 atom stereocenters. The van der Waals surface area contributed by atoms with Crippen molar-refractivity contribution in [1.82, 2.24) is 10.2 Å². The smallest absolute Gasteiger partial charge is 0.237 e. The summed E-state index contributed by atoms with van der Waals surface area (Å²) in [6.45, 7) is 7.92. The third kappa shape index (κ3) is 6.42. The minimum absolute atomic E-state index is 0.166. The van der Waals surface area contributed by atoms with E-state index in [1.807, 2.05) is 30.3 Å². The van der Waals surface area contributed by atoms with Gasteiger partial charge in [-0.05, 0) is 38.0 Å². The summed E-state index contributed by atoms with van der Waals surface area (Å²) in [4.78, 5) is 14.3. The maximum Gasteiger partial charge on any atom is 0.237 e. The second-order valence-electron chi connectivity index (χ2n) is 5.04. The van der Waals surface area contributed by atoms with Crippen molar-refractivity contribution in [2.45, 2.75) is 26.7 Å². The van der Waals surface area contributed by atoms with Gasteiger partial charge in [-0.3, -0.25) is 4.79 Å². The maximum absolute atomic E-state index is 12.0. The molecule has 0 aromatic heterocycles. The Bertz CT molecular complexity index is 449. The molecule has 0 fully saturated rings. The Morgan fingerprint density at radius 1 is 1.29 bits per heavy atom. The Balaban J connectivity index is 2.34. The number of rotatable bonds is 9. The topological polar surface area (TPSA) is 56.1 Å². The summed E-state index contributed by atoms with van der Waals surface area (Å²) in [6.07, 6.45) is 1.39. The van der Waals surface area contributed by atoms with Crippen LogP contribution in [0.25, 0.3) is 0 Å². The van der Waals surface area contributed by atoms with Crippen LogP contribution in [0.4, 0.5) is 0 Å². The third-order valence-electron chi connectivity index (χ3n) is 3.60. The molecule has 4 heteroatoms. The zero-order valence-corrected chi connectivity index (χ0v) is 13.0. The number of nitriles is 1. The highest BCUT2D eigenvalue weighted by Gasteiger charge is 2.17. The van der Waals surface area contributed by atoms with E-state index in [-0.39, 0.29) is 5.91 Å². The molecule has 0 heterocycles. The van der Waals surface area contributed by atoms with Crippen LogP contribution in [0.1, 0.15) is 25.8 Å². The lowest BCUT2D eigenvalue weighted by atomic mass is 10.00. The Morgan fingerprint density at radius 3 is 2.52 bits per heavy atom. The lowest BCUT2D eigenvalue weighted by Gasteiger charge is -2.18. The molecular weight excluding hydrogens is 262 g/mol. The molecule has 1 unspecified atom stereocenters. The molecule has 4 nitrogen and oxygen atoms in total. The minimum Gasteiger partial charge on any atom is -0.355 e. The average molecular weight is 287 g/mol. The molecule has 1 amide bonds. The van der Waals surface area contributed by atoms with Crippen molar-refractivity contribution in [3.63, 3.8) is 0 Å². The highest BCUT2D eigenvalue weighted by molar-refractivity contribution is 5.81. The summed E-state index contributed by atoms with van der Waals surface area (Å²) in [5.41, 5.74) is 1.02. The van der Waals surface area contributed by atoms with Gasteiger partial charge in [-0.25, -0.2) is 0 Å². The van der Waals surface area contributed by atoms with Crippen LogP contribution in [0.5, 0.6) is 0 Å². The maximum atomic E-state index is 12.0. The second kappa shape index (κ2) is 9.95. The first-order valence-corrected chi connectivity index (χ1v) is 7.64. The lowest BCUT2D eigenvalue weighted by Crippen LogP contribution is -2.34. The number of carbonyl (C=O) groups excluding carboxylic acids is 1. The van der Waals surface area contributed by atoms with Crippen molar-refractivity contribution in [3.05, 3.63) is 35.9 Å². The minimum atomic E-state index is -0.610. The molecule has 0 aliphatic carbocycles. The van der Waals surface area contributed by atoms with E-state index < -0.39 is 5.92 Å². The van der Waals surface area contributed by atoms with Gasteiger partial charge in [-0.2, -0.15) is 5.26 Å². The fraction of sp³-hybridized carbons (Fsp3) is 0.529. The van der Waals surface area contributed by atoms with E-state index in [9.17, 15) is 4.79 Å². The molecule has 1 N–H and O–H groups in total. The van der Waals surface area contributed by atoms with Crippen molar-refractivity contribution in [3.8, 4) is 6.07 Å². The molecule has 0 aliphatic rings. The highest BCUT2D eigenvalue weighted by atomic mass is 16.1. The lowest BCUT2D eigenvalue weighted by molar-refractivity contribution is -0.123. The number of nitrogens with one attached hydrogen (secondary N) is 1. The standard InChI is InChI=1S/C17H25N3O/c1-3-20(4-2)12-8-11-19-17(21)16(14-18)13-15-9-6-5-7-10-15/h5-7,9-10,16H,3-4,8,11-13H2,1-2H3,(H,19,21). The molecule has 21 heavy (non-hydrogen) atoms. The van der Waals surface area contributed by atoms with Gasteiger partial charge in [0.25, 0.3) is 0 Å². The van der Waals surface area contributed by atoms with Crippen molar-refractivity contribution in [2.75, 3.05) is 26.2 Å². The van der Waals surface area contributed by atoms with Crippen molar-refractivity contribution in [2.24, 2.45) is 5.92 Å². The number of carbonyl (C=O) groups is 1. The Labute approximate surface area is 127 Å². The van der Waals surface area contributed by atoms with Gasteiger partial charge in [0.2, 0.25) is 5.91 Å². The quantitative estimate of drug-likeness (QED) is 0.709. The van der Waals surface area contributed by atoms with Gasteiger partial charge in [0.1, 0.15) is 5.92 Å². The van der Waals surface area contributed by atoms with E-state index in [0.717, 1.165) is 31.6 Å². The van der Waals surface area contributed by atoms with Crippen LogP contribution in [-0.2, 0) is 11.2 Å². The largest absolute Gasteiger partial charge is 0.355 e. The second-order valence-corrected chi connectivity index (χ2v) is 5.04. The fourth-order valence-electron chi connectivity index (χ4n) is 2.22. The monoisotopic (exact) mass is 287 g/mol. The highest BCUT2D eigenvalue weighted by Crippen LogP contribution is 2.08. The number of hydrogen-bond donors (Lipinski definition) is 1. The first kappa shape index (κ1) is 17.2. The van der Waals surface area contributed by atoms with E-state index >= 15 is 0 Å². The summed E-state index contributed by atoms with van der Waals surface area (Å²) in [5.74, 6) is -0.776. The third-order valence-corrected chi connectivity index (χ3v) is 3.60. The first-order valence-electron chi connectivity index (χ1n) is 7.64. The number of amides is 1. The SMILES string of the molecule is CCN(CC)CCCNC(=O)C(C#N)Cc1ccccc1. The van der Waals surface area contributed by atoms with Crippen LogP contribution in [0.2, 0.25) is 0 Å². The Morgan fingerprint density at radius 2 is 1.95 bits per heavy atom. The van der Waals surface area contributed by atoms with Crippen LogP contribution < -0.4 is 5.32 Å². The van der Waals surface area contributed by atoms with E-state index in [1.165, 1.54) is 0 Å². The predicted molar refractivity (Wildman–Crippen MR) is 84.7 cm³/mol. The molecule has 0 bridgehead atoms. The van der Waals surface area contributed by atoms with Gasteiger partial charge in [0.15, 0.2) is 0 Å². The average Bonchev–Trinajstić information content (AvgIpc) is 2.53. The molecule has 0 saturated carbocycles.